The number of nitrogens with zero attached hydrogens (tertiary/aromatic N) is 2. The van der Waals surface area contributed by atoms with E-state index >= 15 is 0 Å². The summed E-state index contributed by atoms with van der Waals surface area (Å²) < 4.78 is 45.5. The lowest BCUT2D eigenvalue weighted by Crippen LogP contribution is -2.34. The van der Waals surface area contributed by atoms with E-state index in [1.165, 1.54) is 0 Å². The zero-order chi connectivity index (χ0) is 13.4. The average molecular weight is 312 g/mol. The van der Waals surface area contributed by atoms with Crippen LogP contribution in [0.5, 0.6) is 0 Å². The van der Waals surface area contributed by atoms with Gasteiger partial charge in [0.2, 0.25) is 11.8 Å². The van der Waals surface area contributed by atoms with Crippen LogP contribution >= 0.6 is 12.4 Å². The highest BCUT2D eigenvalue weighted by molar-refractivity contribution is 5.85. The van der Waals surface area contributed by atoms with Gasteiger partial charge in [0.25, 0.3) is 0 Å². The average Bonchev–Trinajstić information content (AvgIpc) is 3.07. The maximum Gasteiger partial charge on any atom is 0.522 e. The minimum Gasteiger partial charge on any atom is -0.424 e. The molecule has 5 nitrogen and oxygen atoms in total. The number of halogens is 4. The number of alkyl halides is 3. The zero-order valence-corrected chi connectivity index (χ0v) is 11.1. The van der Waals surface area contributed by atoms with Crippen LogP contribution in [0.1, 0.15) is 37.0 Å². The predicted octanol–water partition coefficient (Wildman–Crippen LogP) is 1.87. The van der Waals surface area contributed by atoms with Gasteiger partial charge in [-0.25, -0.2) is 0 Å². The highest BCUT2D eigenvalue weighted by Gasteiger charge is 2.81. The van der Waals surface area contributed by atoms with Crippen molar-refractivity contribution in [3.05, 3.63) is 11.8 Å². The quantitative estimate of drug-likeness (QED) is 0.922. The van der Waals surface area contributed by atoms with E-state index in [4.69, 9.17) is 10.2 Å². The molecule has 0 aliphatic heterocycles. The lowest BCUT2D eigenvalue weighted by Gasteiger charge is -2.32. The number of nitrogens with two attached hydrogens (primary N) is 1. The van der Waals surface area contributed by atoms with Crippen molar-refractivity contribution >= 4 is 12.4 Å². The molecular formula is C11H13ClF3N3O2. The van der Waals surface area contributed by atoms with E-state index in [2.05, 4.69) is 14.9 Å². The largest absolute Gasteiger partial charge is 0.522 e. The zero-order valence-electron chi connectivity index (χ0n) is 10.3. The summed E-state index contributed by atoms with van der Waals surface area (Å²) >= 11 is 0. The summed E-state index contributed by atoms with van der Waals surface area (Å²) in [6, 6.07) is 0.114. The van der Waals surface area contributed by atoms with Crippen molar-refractivity contribution in [2.24, 2.45) is 11.7 Å². The third kappa shape index (κ3) is 1.93. The van der Waals surface area contributed by atoms with Gasteiger partial charge in [-0.15, -0.1) is 35.8 Å². The number of hydrogen-bond acceptors (Lipinski definition) is 5. The number of rotatable bonds is 3. The van der Waals surface area contributed by atoms with E-state index in [0.29, 0.717) is 17.7 Å². The summed E-state index contributed by atoms with van der Waals surface area (Å²) in [5.41, 5.74) is 5.73. The van der Waals surface area contributed by atoms with E-state index in [1.807, 2.05) is 0 Å². The molecule has 2 N–H and O–H groups in total. The van der Waals surface area contributed by atoms with Crippen molar-refractivity contribution in [2.75, 3.05) is 0 Å². The molecule has 0 radical (unpaired) electrons. The fraction of sp³-hybridized carbons (Fsp3) is 0.818. The van der Waals surface area contributed by atoms with Crippen LogP contribution in [0.2, 0.25) is 0 Å². The molecule has 0 amide bonds. The molecule has 0 saturated heterocycles. The maximum atomic E-state index is 12.0. The van der Waals surface area contributed by atoms with E-state index in [9.17, 15) is 13.2 Å². The van der Waals surface area contributed by atoms with Crippen LogP contribution in [0.15, 0.2) is 4.42 Å². The summed E-state index contributed by atoms with van der Waals surface area (Å²) in [6.45, 7) is 0. The molecule has 3 saturated carbocycles. The number of hydrogen-bond donors (Lipinski definition) is 1. The molecule has 20 heavy (non-hydrogen) atoms. The summed E-state index contributed by atoms with van der Waals surface area (Å²) in [6.07, 6.45) is -3.85. The first-order valence-electron chi connectivity index (χ1n) is 6.24. The molecule has 1 aromatic rings. The Morgan fingerprint density at radius 2 is 1.95 bits per heavy atom. The van der Waals surface area contributed by atoms with E-state index in [1.54, 1.807) is 0 Å². The van der Waals surface area contributed by atoms with E-state index in [0.717, 1.165) is 6.42 Å². The van der Waals surface area contributed by atoms with Crippen LogP contribution in [-0.4, -0.2) is 28.7 Å². The van der Waals surface area contributed by atoms with Crippen LogP contribution in [0.3, 0.4) is 0 Å². The molecular weight excluding hydrogens is 299 g/mol. The highest BCUT2D eigenvalue weighted by Crippen LogP contribution is 2.73. The molecule has 3 fully saturated rings. The van der Waals surface area contributed by atoms with Gasteiger partial charge in [-0.05, 0) is 25.2 Å². The Bertz CT molecular complexity index is 525. The molecule has 1 heterocycles. The number of fused-ring (bicyclic) bond motifs is 1. The van der Waals surface area contributed by atoms with E-state index < -0.39 is 12.5 Å². The van der Waals surface area contributed by atoms with Gasteiger partial charge in [0.1, 0.15) is 0 Å². The summed E-state index contributed by atoms with van der Waals surface area (Å²) in [5, 5.41) is 7.91. The molecule has 4 rings (SSSR count). The Labute approximate surface area is 118 Å². The van der Waals surface area contributed by atoms with Gasteiger partial charge >= 0.3 is 6.36 Å². The second-order valence-electron chi connectivity index (χ2n) is 5.68. The molecule has 112 valence electrons. The first kappa shape index (κ1) is 14.1. The standard InChI is InChI=1S/C11H12F3N3O2.ClH/c12-11(13,14)19-5-1-4(2-5)8-16-17-9(18-8)10-3-6(10)7(10)15;/h4-7H,1-3,15H2;1H. The molecule has 9 heteroatoms. The molecule has 0 aromatic carbocycles. The van der Waals surface area contributed by atoms with Crippen molar-refractivity contribution in [1.82, 2.24) is 10.2 Å². The third-order valence-corrected chi connectivity index (χ3v) is 4.56. The van der Waals surface area contributed by atoms with Crippen molar-refractivity contribution in [2.45, 2.75) is 49.1 Å². The topological polar surface area (TPSA) is 74.2 Å². The highest BCUT2D eigenvalue weighted by atomic mass is 35.5. The Morgan fingerprint density at radius 1 is 1.30 bits per heavy atom. The second-order valence-corrected chi connectivity index (χ2v) is 5.68. The minimum atomic E-state index is -4.57. The number of ether oxygens (including phenoxy) is 1. The second kappa shape index (κ2) is 4.08. The SMILES string of the molecule is Cl.NC1C2CC12c1nnc(C2CC(OC(F)(F)F)C2)o1. The normalized spacial score (nSPS) is 41.4. The van der Waals surface area contributed by atoms with Gasteiger partial charge in [0.15, 0.2) is 0 Å². The van der Waals surface area contributed by atoms with Gasteiger partial charge in [-0.1, -0.05) is 0 Å². The van der Waals surface area contributed by atoms with Crippen molar-refractivity contribution in [1.29, 1.82) is 0 Å². The first-order chi connectivity index (χ1) is 8.90. The van der Waals surface area contributed by atoms with Crippen molar-refractivity contribution in [3.63, 3.8) is 0 Å². The lowest BCUT2D eigenvalue weighted by molar-refractivity contribution is -0.352. The first-order valence-corrected chi connectivity index (χ1v) is 6.24. The van der Waals surface area contributed by atoms with Crippen molar-refractivity contribution in [3.8, 4) is 0 Å². The van der Waals surface area contributed by atoms with Gasteiger partial charge in [-0.3, -0.25) is 4.74 Å². The minimum absolute atomic E-state index is 0. The molecule has 0 spiro atoms. The predicted molar refractivity (Wildman–Crippen MR) is 62.2 cm³/mol. The van der Waals surface area contributed by atoms with Gasteiger partial charge in [0.05, 0.1) is 11.5 Å². The van der Waals surface area contributed by atoms with Gasteiger partial charge in [0, 0.05) is 12.0 Å². The molecule has 3 aliphatic rings. The Hall–Kier alpha value is -0.860. The Kier molecular flexibility index (Phi) is 2.88. The monoisotopic (exact) mass is 311 g/mol. The van der Waals surface area contributed by atoms with Crippen molar-refractivity contribution < 1.29 is 22.3 Å². The third-order valence-electron chi connectivity index (χ3n) is 4.56. The molecule has 1 aromatic heterocycles. The van der Waals surface area contributed by atoms with E-state index in [-0.39, 0.29) is 42.6 Å². The summed E-state index contributed by atoms with van der Waals surface area (Å²) in [5.74, 6) is 1.30. The fourth-order valence-corrected chi connectivity index (χ4v) is 2.99. The summed E-state index contributed by atoms with van der Waals surface area (Å²) in [4.78, 5) is 0. The van der Waals surface area contributed by atoms with Crippen LogP contribution in [0.4, 0.5) is 13.2 Å². The maximum absolute atomic E-state index is 12.0. The Morgan fingerprint density at radius 3 is 2.45 bits per heavy atom. The van der Waals surface area contributed by atoms with Gasteiger partial charge in [-0.2, -0.15) is 0 Å². The van der Waals surface area contributed by atoms with Crippen LogP contribution in [0.25, 0.3) is 0 Å². The number of aromatic nitrogens is 2. The molecule has 0 bridgehead atoms. The lowest BCUT2D eigenvalue weighted by atomic mass is 9.82. The van der Waals surface area contributed by atoms with Gasteiger partial charge < -0.3 is 10.2 Å². The fourth-order valence-electron chi connectivity index (χ4n) is 2.99. The molecule has 3 unspecified atom stereocenters. The van der Waals surface area contributed by atoms with Crippen LogP contribution < -0.4 is 5.73 Å². The molecule has 3 aliphatic carbocycles. The Balaban J connectivity index is 0.00000121. The summed E-state index contributed by atoms with van der Waals surface area (Å²) in [7, 11) is 0. The molecule has 3 atom stereocenters. The van der Waals surface area contributed by atoms with Crippen LogP contribution in [-0.2, 0) is 10.2 Å². The smallest absolute Gasteiger partial charge is 0.424 e. The van der Waals surface area contributed by atoms with Crippen LogP contribution in [0, 0.1) is 5.92 Å².